The number of hydrogen-bond acceptors (Lipinski definition) is 4. The Morgan fingerprint density at radius 1 is 0.822 bits per heavy atom. The summed E-state index contributed by atoms with van der Waals surface area (Å²) in [6.07, 6.45) is 0.993. The third kappa shape index (κ3) is 8.74. The Balaban J connectivity index is 1.82. The van der Waals surface area contributed by atoms with E-state index in [-0.39, 0.29) is 23.8 Å². The fraction of sp³-hybridized carbons (Fsp3) is 0.278. The molecular formula is C36H40ClN3O4S. The Kier molecular flexibility index (Phi) is 11.4. The van der Waals surface area contributed by atoms with Crippen LogP contribution in [0, 0.1) is 20.8 Å². The maximum absolute atomic E-state index is 14.6. The first-order chi connectivity index (χ1) is 21.5. The van der Waals surface area contributed by atoms with Crippen molar-refractivity contribution in [3.05, 3.63) is 130 Å². The molecule has 1 N–H and O–H groups in total. The zero-order chi connectivity index (χ0) is 32.6. The third-order valence-corrected chi connectivity index (χ3v) is 9.58. The van der Waals surface area contributed by atoms with Crippen molar-refractivity contribution in [2.24, 2.45) is 0 Å². The second-order valence-corrected chi connectivity index (χ2v) is 13.6. The number of hydrogen-bond donors (Lipinski definition) is 1. The molecule has 0 aliphatic carbocycles. The summed E-state index contributed by atoms with van der Waals surface area (Å²) >= 11 is 6.24. The highest BCUT2D eigenvalue weighted by atomic mass is 35.5. The van der Waals surface area contributed by atoms with Gasteiger partial charge in [-0.25, -0.2) is 8.42 Å². The van der Waals surface area contributed by atoms with E-state index in [1.807, 2.05) is 75.4 Å². The summed E-state index contributed by atoms with van der Waals surface area (Å²) in [5.41, 5.74) is 4.56. The van der Waals surface area contributed by atoms with Crippen molar-refractivity contribution in [1.29, 1.82) is 0 Å². The Hall–Kier alpha value is -4.14. The molecule has 0 aromatic heterocycles. The van der Waals surface area contributed by atoms with Crippen LogP contribution in [-0.4, -0.2) is 44.3 Å². The molecule has 4 aromatic carbocycles. The molecule has 0 saturated heterocycles. The lowest BCUT2D eigenvalue weighted by Gasteiger charge is -2.34. The van der Waals surface area contributed by atoms with Crippen LogP contribution in [0.3, 0.4) is 0 Å². The van der Waals surface area contributed by atoms with Crippen LogP contribution >= 0.6 is 11.6 Å². The second-order valence-electron chi connectivity index (χ2n) is 11.3. The number of sulfonamides is 1. The van der Waals surface area contributed by atoms with Gasteiger partial charge in [-0.15, -0.1) is 0 Å². The number of carbonyl (C=O) groups excluding carboxylic acids is 2. The number of aryl methyl sites for hydroxylation is 3. The predicted octanol–water partition coefficient (Wildman–Crippen LogP) is 6.63. The quantitative estimate of drug-likeness (QED) is 0.177. The monoisotopic (exact) mass is 645 g/mol. The normalized spacial score (nSPS) is 11.9. The topological polar surface area (TPSA) is 86.8 Å². The first-order valence-corrected chi connectivity index (χ1v) is 16.8. The van der Waals surface area contributed by atoms with Crippen LogP contribution in [0.2, 0.25) is 5.02 Å². The molecular weight excluding hydrogens is 606 g/mol. The van der Waals surface area contributed by atoms with E-state index in [0.29, 0.717) is 22.8 Å². The molecule has 0 fully saturated rings. The average molecular weight is 646 g/mol. The van der Waals surface area contributed by atoms with Gasteiger partial charge in [0.25, 0.3) is 10.0 Å². The SMILES string of the molecule is CCCNC(=O)[C@@H](Cc1ccccc1)N(Cc1cccc(C)c1)C(=O)CN(c1ccc(Cl)cc1C)S(=O)(=O)c1ccc(C)cc1. The zero-order valence-electron chi connectivity index (χ0n) is 26.2. The van der Waals surface area contributed by atoms with Crippen LogP contribution in [0.25, 0.3) is 0 Å². The fourth-order valence-corrected chi connectivity index (χ4v) is 6.88. The summed E-state index contributed by atoms with van der Waals surface area (Å²) in [6.45, 7) is 7.61. The molecule has 0 bridgehead atoms. The first kappa shape index (κ1) is 33.7. The molecule has 0 aliphatic heterocycles. The summed E-state index contributed by atoms with van der Waals surface area (Å²) in [4.78, 5) is 29.9. The lowest BCUT2D eigenvalue weighted by molar-refractivity contribution is -0.140. The highest BCUT2D eigenvalue weighted by Crippen LogP contribution is 2.30. The second kappa shape index (κ2) is 15.2. The van der Waals surface area contributed by atoms with Gasteiger partial charge < -0.3 is 10.2 Å². The van der Waals surface area contributed by atoms with Crippen LogP contribution in [0.15, 0.2) is 102 Å². The minimum Gasteiger partial charge on any atom is -0.354 e. The van der Waals surface area contributed by atoms with Crippen LogP contribution in [-0.2, 0) is 32.6 Å². The zero-order valence-corrected chi connectivity index (χ0v) is 27.7. The molecule has 0 radical (unpaired) electrons. The van der Waals surface area contributed by atoms with Crippen molar-refractivity contribution >= 4 is 39.1 Å². The minimum atomic E-state index is -4.19. The number of nitrogens with zero attached hydrogens (tertiary/aromatic N) is 2. The van der Waals surface area contributed by atoms with Gasteiger partial charge in [-0.05, 0) is 74.2 Å². The molecule has 2 amide bonds. The number of anilines is 1. The van der Waals surface area contributed by atoms with E-state index < -0.39 is 28.5 Å². The van der Waals surface area contributed by atoms with Crippen molar-refractivity contribution in [1.82, 2.24) is 10.2 Å². The molecule has 9 heteroatoms. The molecule has 4 aromatic rings. The maximum Gasteiger partial charge on any atom is 0.264 e. The average Bonchev–Trinajstić information content (AvgIpc) is 3.01. The van der Waals surface area contributed by atoms with Gasteiger partial charge in [-0.2, -0.15) is 0 Å². The highest BCUT2D eigenvalue weighted by molar-refractivity contribution is 7.92. The molecule has 1 atom stereocenters. The summed E-state index contributed by atoms with van der Waals surface area (Å²) in [5, 5.41) is 3.42. The van der Waals surface area contributed by atoms with E-state index in [1.165, 1.54) is 17.0 Å². The number of rotatable bonds is 13. The van der Waals surface area contributed by atoms with Gasteiger partial charge >= 0.3 is 0 Å². The Morgan fingerprint density at radius 2 is 1.51 bits per heavy atom. The smallest absolute Gasteiger partial charge is 0.264 e. The minimum absolute atomic E-state index is 0.0574. The maximum atomic E-state index is 14.6. The van der Waals surface area contributed by atoms with Crippen LogP contribution in [0.5, 0.6) is 0 Å². The molecule has 0 spiro atoms. The molecule has 0 saturated carbocycles. The number of halogens is 1. The van der Waals surface area contributed by atoms with Crippen molar-refractivity contribution < 1.29 is 18.0 Å². The van der Waals surface area contributed by atoms with Crippen LogP contribution in [0.4, 0.5) is 5.69 Å². The molecule has 4 rings (SSSR count). The Bertz CT molecular complexity index is 1730. The van der Waals surface area contributed by atoms with Gasteiger partial charge in [0.1, 0.15) is 12.6 Å². The predicted molar refractivity (Wildman–Crippen MR) is 181 cm³/mol. The lowest BCUT2D eigenvalue weighted by Crippen LogP contribution is -2.53. The van der Waals surface area contributed by atoms with Gasteiger partial charge in [0.05, 0.1) is 10.6 Å². The van der Waals surface area contributed by atoms with Gasteiger partial charge in [0, 0.05) is 24.5 Å². The number of amides is 2. The molecule has 0 heterocycles. The van der Waals surface area contributed by atoms with E-state index in [9.17, 15) is 18.0 Å². The molecule has 0 aliphatic rings. The van der Waals surface area contributed by atoms with Crippen molar-refractivity contribution in [3.8, 4) is 0 Å². The summed E-state index contributed by atoms with van der Waals surface area (Å²) in [7, 11) is -4.19. The van der Waals surface area contributed by atoms with E-state index in [0.717, 1.165) is 33.0 Å². The van der Waals surface area contributed by atoms with Gasteiger partial charge in [0.2, 0.25) is 11.8 Å². The summed E-state index contributed by atoms with van der Waals surface area (Å²) in [6, 6.07) is 27.8. The van der Waals surface area contributed by atoms with Gasteiger partial charge in [0.15, 0.2) is 0 Å². The van der Waals surface area contributed by atoms with Crippen molar-refractivity contribution in [3.63, 3.8) is 0 Å². The standard InChI is InChI=1S/C36H40ClN3O4S/c1-5-20-38-36(42)34(23-29-11-7-6-8-12-29)39(24-30-13-9-10-27(3)21-30)35(41)25-40(33-19-16-31(37)22-28(33)4)45(43,44)32-17-14-26(2)15-18-32/h6-19,21-22,34H,5,20,23-25H2,1-4H3,(H,38,42)/t34-/m1/s1. The van der Waals surface area contributed by atoms with Crippen LogP contribution in [0.1, 0.15) is 41.2 Å². The van der Waals surface area contributed by atoms with E-state index in [4.69, 9.17) is 11.6 Å². The number of nitrogens with one attached hydrogen (secondary N) is 1. The van der Waals surface area contributed by atoms with E-state index in [2.05, 4.69) is 5.32 Å². The largest absolute Gasteiger partial charge is 0.354 e. The van der Waals surface area contributed by atoms with Gasteiger partial charge in [-0.3, -0.25) is 13.9 Å². The summed E-state index contributed by atoms with van der Waals surface area (Å²) < 4.78 is 29.6. The van der Waals surface area contributed by atoms with Crippen molar-refractivity contribution in [2.45, 2.75) is 58.0 Å². The highest BCUT2D eigenvalue weighted by Gasteiger charge is 2.35. The molecule has 45 heavy (non-hydrogen) atoms. The number of carbonyl (C=O) groups is 2. The molecule has 236 valence electrons. The van der Waals surface area contributed by atoms with E-state index in [1.54, 1.807) is 37.3 Å². The number of benzene rings is 4. The summed E-state index contributed by atoms with van der Waals surface area (Å²) in [5.74, 6) is -0.800. The Labute approximate surface area is 271 Å². The van der Waals surface area contributed by atoms with Gasteiger partial charge in [-0.1, -0.05) is 96.4 Å². The molecule has 0 unspecified atom stereocenters. The third-order valence-electron chi connectivity index (χ3n) is 7.57. The lowest BCUT2D eigenvalue weighted by atomic mass is 10.0. The van der Waals surface area contributed by atoms with Crippen LogP contribution < -0.4 is 9.62 Å². The van der Waals surface area contributed by atoms with E-state index >= 15 is 0 Å². The first-order valence-electron chi connectivity index (χ1n) is 15.0. The molecule has 7 nitrogen and oxygen atoms in total. The Morgan fingerprint density at radius 3 is 2.16 bits per heavy atom. The fourth-order valence-electron chi connectivity index (χ4n) is 5.18. The van der Waals surface area contributed by atoms with Crippen molar-refractivity contribution in [2.75, 3.05) is 17.4 Å².